The summed E-state index contributed by atoms with van der Waals surface area (Å²) in [5.74, 6) is 6.71. The van der Waals surface area contributed by atoms with Crippen LogP contribution in [0.2, 0.25) is 0 Å². The molecule has 0 heterocycles. The minimum absolute atomic E-state index is 0.208. The maximum Gasteiger partial charge on any atom is 0.319 e. The van der Waals surface area contributed by atoms with Gasteiger partial charge in [0.15, 0.2) is 0 Å². The van der Waals surface area contributed by atoms with Gasteiger partial charge in [0.25, 0.3) is 0 Å². The lowest BCUT2D eigenvalue weighted by molar-refractivity contribution is -0.142. The van der Waals surface area contributed by atoms with E-state index >= 15 is 0 Å². The van der Waals surface area contributed by atoms with Crippen LogP contribution in [0.1, 0.15) is 25.0 Å². The third kappa shape index (κ3) is 9.69. The van der Waals surface area contributed by atoms with Gasteiger partial charge >= 0.3 is 5.97 Å². The summed E-state index contributed by atoms with van der Waals surface area (Å²) in [6.45, 7) is 6.29. The lowest BCUT2D eigenvalue weighted by atomic mass is 10.0. The van der Waals surface area contributed by atoms with Crippen LogP contribution in [-0.2, 0) is 22.4 Å². The molecule has 5 nitrogen and oxygen atoms in total. The molecule has 2 rings (SSSR count). The van der Waals surface area contributed by atoms with Crippen LogP contribution in [0, 0.1) is 11.8 Å². The highest BCUT2D eigenvalue weighted by molar-refractivity contribution is 5.71. The maximum absolute atomic E-state index is 11.6. The molecule has 0 amide bonds. The van der Waals surface area contributed by atoms with E-state index in [2.05, 4.69) is 53.4 Å². The largest absolute Gasteiger partial charge is 0.493 e. The quantitative estimate of drug-likeness (QED) is 0.396. The molecule has 31 heavy (non-hydrogen) atoms. The highest BCUT2D eigenvalue weighted by Crippen LogP contribution is 2.15. The normalized spacial score (nSPS) is 11.5. The van der Waals surface area contributed by atoms with Crippen LogP contribution >= 0.6 is 0 Å². The van der Waals surface area contributed by atoms with Gasteiger partial charge in [0.05, 0.1) is 26.3 Å². The fourth-order valence-electron chi connectivity index (χ4n) is 3.19. The Bertz CT molecular complexity index is 825. The third-order valence-electron chi connectivity index (χ3n) is 4.98. The Kier molecular flexibility index (Phi) is 11.2. The first-order chi connectivity index (χ1) is 15.1. The van der Waals surface area contributed by atoms with Gasteiger partial charge in [0, 0.05) is 19.0 Å². The van der Waals surface area contributed by atoms with Crippen LogP contribution in [0.25, 0.3) is 0 Å². The summed E-state index contributed by atoms with van der Waals surface area (Å²) in [7, 11) is 2.06. The van der Waals surface area contributed by atoms with E-state index in [1.807, 2.05) is 44.2 Å². The summed E-state index contributed by atoms with van der Waals surface area (Å²) in [5.41, 5.74) is 2.49. The molecule has 5 heteroatoms. The van der Waals surface area contributed by atoms with Crippen molar-refractivity contribution in [3.63, 3.8) is 0 Å². The molecule has 2 aromatic rings. The smallest absolute Gasteiger partial charge is 0.319 e. The molecule has 0 spiro atoms. The Morgan fingerprint density at radius 1 is 1.10 bits per heavy atom. The molecule has 1 atom stereocenters. The zero-order valence-electron chi connectivity index (χ0n) is 18.9. The number of carbonyl (C=O) groups excluding carboxylic acids is 1. The number of benzene rings is 2. The lowest BCUT2D eigenvalue weighted by Crippen LogP contribution is -2.43. The second-order valence-electron chi connectivity index (χ2n) is 7.36. The minimum Gasteiger partial charge on any atom is -0.493 e. The molecule has 0 aliphatic carbocycles. The molecule has 1 N–H and O–H groups in total. The van der Waals surface area contributed by atoms with E-state index in [0.717, 1.165) is 18.6 Å². The SMILES string of the molecule is CC#CCN(C)[C@H](CNCC(=O)OCC)Cc1ccc(OCCc2ccccc2)cc1. The van der Waals surface area contributed by atoms with E-state index in [-0.39, 0.29) is 18.6 Å². The van der Waals surface area contributed by atoms with Crippen molar-refractivity contribution < 1.29 is 14.3 Å². The molecule has 0 aliphatic heterocycles. The van der Waals surface area contributed by atoms with Crippen LogP contribution < -0.4 is 10.1 Å². The molecular weight excluding hydrogens is 388 g/mol. The highest BCUT2D eigenvalue weighted by Gasteiger charge is 2.15. The summed E-state index contributed by atoms with van der Waals surface area (Å²) in [6.07, 6.45) is 1.74. The fraction of sp³-hybridized carbons (Fsp3) is 0.423. The zero-order valence-corrected chi connectivity index (χ0v) is 18.9. The number of esters is 1. The van der Waals surface area contributed by atoms with Crippen LogP contribution in [0.5, 0.6) is 5.75 Å². The standard InChI is InChI=1S/C26H34N2O3/c1-4-6-17-28(3)24(20-27-21-26(29)30-5-2)19-23-12-14-25(15-13-23)31-18-16-22-10-8-7-9-11-22/h7-15,24,27H,5,16-21H2,1-3H3/t24-/m0/s1. The average molecular weight is 423 g/mol. The van der Waals surface area contributed by atoms with Crippen molar-refractivity contribution in [2.75, 3.05) is 39.9 Å². The molecule has 0 saturated carbocycles. The molecule has 0 unspecified atom stereocenters. The summed E-state index contributed by atoms with van der Waals surface area (Å²) in [4.78, 5) is 13.8. The molecule has 0 fully saturated rings. The van der Waals surface area contributed by atoms with Gasteiger partial charge in [0.2, 0.25) is 0 Å². The first-order valence-corrected chi connectivity index (χ1v) is 10.8. The van der Waals surface area contributed by atoms with Gasteiger partial charge in [-0.2, -0.15) is 0 Å². The van der Waals surface area contributed by atoms with E-state index in [1.54, 1.807) is 0 Å². The molecular formula is C26H34N2O3. The Balaban J connectivity index is 1.87. The first kappa shape index (κ1) is 24.5. The van der Waals surface area contributed by atoms with Gasteiger partial charge in [-0.25, -0.2) is 0 Å². The second kappa shape index (κ2) is 14.2. The molecule has 0 saturated heterocycles. The Labute approximate surface area is 186 Å². The number of hydrogen-bond acceptors (Lipinski definition) is 5. The third-order valence-corrected chi connectivity index (χ3v) is 4.98. The van der Waals surface area contributed by atoms with Gasteiger partial charge in [-0.15, -0.1) is 5.92 Å². The predicted octanol–water partition coefficient (Wildman–Crippen LogP) is 3.33. The van der Waals surface area contributed by atoms with E-state index in [9.17, 15) is 4.79 Å². The van der Waals surface area contributed by atoms with Crippen molar-refractivity contribution in [1.29, 1.82) is 0 Å². The molecule has 0 bridgehead atoms. The van der Waals surface area contributed by atoms with Crippen molar-refractivity contribution >= 4 is 5.97 Å². The summed E-state index contributed by atoms with van der Waals surface area (Å²) < 4.78 is 10.9. The Morgan fingerprint density at radius 3 is 2.52 bits per heavy atom. The topological polar surface area (TPSA) is 50.8 Å². The average Bonchev–Trinajstić information content (AvgIpc) is 2.79. The Hall–Kier alpha value is -2.81. The minimum atomic E-state index is -0.228. The zero-order chi connectivity index (χ0) is 22.3. The number of carbonyl (C=O) groups is 1. The van der Waals surface area contributed by atoms with Gasteiger partial charge in [-0.1, -0.05) is 48.4 Å². The van der Waals surface area contributed by atoms with Crippen LogP contribution in [0.4, 0.5) is 0 Å². The maximum atomic E-state index is 11.6. The van der Waals surface area contributed by atoms with Crippen LogP contribution in [0.15, 0.2) is 54.6 Å². The highest BCUT2D eigenvalue weighted by atomic mass is 16.5. The van der Waals surface area contributed by atoms with E-state index < -0.39 is 0 Å². The monoisotopic (exact) mass is 422 g/mol. The summed E-state index contributed by atoms with van der Waals surface area (Å²) in [5, 5.41) is 3.21. The summed E-state index contributed by atoms with van der Waals surface area (Å²) in [6, 6.07) is 18.8. The number of ether oxygens (including phenoxy) is 2. The lowest BCUT2D eigenvalue weighted by Gasteiger charge is -2.27. The van der Waals surface area contributed by atoms with Gasteiger partial charge in [-0.3, -0.25) is 9.69 Å². The predicted molar refractivity (Wildman–Crippen MR) is 125 cm³/mol. The number of rotatable bonds is 13. The Morgan fingerprint density at radius 2 is 1.84 bits per heavy atom. The van der Waals surface area contributed by atoms with Crippen LogP contribution in [0.3, 0.4) is 0 Å². The number of hydrogen-bond donors (Lipinski definition) is 1. The van der Waals surface area contributed by atoms with Crippen molar-refractivity contribution in [3.05, 3.63) is 65.7 Å². The van der Waals surface area contributed by atoms with E-state index in [0.29, 0.717) is 26.3 Å². The fourth-order valence-corrected chi connectivity index (χ4v) is 3.19. The number of nitrogens with one attached hydrogen (secondary N) is 1. The van der Waals surface area contributed by atoms with Gasteiger partial charge in [-0.05, 0) is 50.6 Å². The first-order valence-electron chi connectivity index (χ1n) is 10.8. The molecule has 0 aliphatic rings. The molecule has 0 aromatic heterocycles. The molecule has 166 valence electrons. The second-order valence-corrected chi connectivity index (χ2v) is 7.36. The number of nitrogens with zero attached hydrogens (tertiary/aromatic N) is 1. The van der Waals surface area contributed by atoms with Crippen molar-refractivity contribution in [1.82, 2.24) is 10.2 Å². The number of likely N-dealkylation sites (N-methyl/N-ethyl adjacent to an activating group) is 1. The van der Waals surface area contributed by atoms with E-state index in [4.69, 9.17) is 9.47 Å². The van der Waals surface area contributed by atoms with Crippen molar-refractivity contribution in [2.24, 2.45) is 0 Å². The van der Waals surface area contributed by atoms with Gasteiger partial charge < -0.3 is 14.8 Å². The van der Waals surface area contributed by atoms with Crippen LogP contribution in [-0.4, -0.2) is 56.8 Å². The van der Waals surface area contributed by atoms with Crippen molar-refractivity contribution in [2.45, 2.75) is 32.7 Å². The summed E-state index contributed by atoms with van der Waals surface area (Å²) >= 11 is 0. The van der Waals surface area contributed by atoms with Crippen molar-refractivity contribution in [3.8, 4) is 17.6 Å². The molecule has 2 aromatic carbocycles. The van der Waals surface area contributed by atoms with E-state index in [1.165, 1.54) is 11.1 Å². The molecule has 0 radical (unpaired) electrons. The van der Waals surface area contributed by atoms with Gasteiger partial charge in [0.1, 0.15) is 5.75 Å².